The van der Waals surface area contributed by atoms with Gasteiger partial charge in [-0.15, -0.1) is 0 Å². The van der Waals surface area contributed by atoms with Crippen LogP contribution < -0.4 is 10.1 Å². The highest BCUT2D eigenvalue weighted by Gasteiger charge is 2.28. The van der Waals surface area contributed by atoms with E-state index in [1.54, 1.807) is 48.5 Å². The van der Waals surface area contributed by atoms with Crippen molar-refractivity contribution in [3.05, 3.63) is 83.9 Å². The van der Waals surface area contributed by atoms with Crippen LogP contribution in [0.2, 0.25) is 0 Å². The topological polar surface area (TPSA) is 81.4 Å². The fourth-order valence-corrected chi connectivity index (χ4v) is 4.41. The summed E-state index contributed by atoms with van der Waals surface area (Å²) in [6, 6.07) is 21.4. The fourth-order valence-electron chi connectivity index (χ4n) is 3.15. The predicted molar refractivity (Wildman–Crippen MR) is 124 cm³/mol. The van der Waals surface area contributed by atoms with Gasteiger partial charge < -0.3 is 14.5 Å². The third-order valence-electron chi connectivity index (χ3n) is 4.90. The third kappa shape index (κ3) is 4.53. The second-order valence-corrected chi connectivity index (χ2v) is 9.28. The number of oxazole rings is 1. The molecule has 3 aromatic carbocycles. The van der Waals surface area contributed by atoms with E-state index in [4.69, 9.17) is 9.15 Å². The molecular formula is C25H24N2O4S. The van der Waals surface area contributed by atoms with Crippen molar-refractivity contribution in [3.8, 4) is 17.2 Å². The molecule has 0 bridgehead atoms. The first-order valence-electron chi connectivity index (χ1n) is 10.3. The molecule has 0 unspecified atom stereocenters. The first-order valence-corrected chi connectivity index (χ1v) is 11.7. The Morgan fingerprint density at radius 3 is 2.06 bits per heavy atom. The number of aryl methyl sites for hydroxylation is 2. The highest BCUT2D eigenvalue weighted by Crippen LogP contribution is 2.34. The third-order valence-corrected chi connectivity index (χ3v) is 6.58. The number of nitrogens with zero attached hydrogens (tertiary/aromatic N) is 1. The molecular weight excluding hydrogens is 424 g/mol. The van der Waals surface area contributed by atoms with Crippen LogP contribution in [0.5, 0.6) is 5.75 Å². The number of ether oxygens (including phenoxy) is 1. The van der Waals surface area contributed by atoms with E-state index in [1.807, 2.05) is 45.0 Å². The van der Waals surface area contributed by atoms with Crippen LogP contribution in [0.1, 0.15) is 18.1 Å². The molecule has 1 heterocycles. The molecule has 0 aliphatic heterocycles. The smallest absolute Gasteiger partial charge is 0.238 e. The largest absolute Gasteiger partial charge is 0.494 e. The molecule has 4 aromatic rings. The summed E-state index contributed by atoms with van der Waals surface area (Å²) in [5, 5.41) is 2.91. The van der Waals surface area contributed by atoms with E-state index in [0.717, 1.165) is 16.9 Å². The molecule has 0 saturated heterocycles. The van der Waals surface area contributed by atoms with Crippen molar-refractivity contribution in [1.82, 2.24) is 4.98 Å². The Hall–Kier alpha value is -3.58. The van der Waals surface area contributed by atoms with Crippen LogP contribution in [-0.2, 0) is 9.84 Å². The molecule has 0 aliphatic rings. The lowest BCUT2D eigenvalue weighted by molar-refractivity contribution is 0.340. The van der Waals surface area contributed by atoms with Crippen molar-refractivity contribution < 1.29 is 17.6 Å². The Labute approximate surface area is 187 Å². The average Bonchev–Trinajstić information content (AvgIpc) is 3.21. The second kappa shape index (κ2) is 8.88. The molecule has 164 valence electrons. The fraction of sp³-hybridized carbons (Fsp3) is 0.160. The Morgan fingerprint density at radius 2 is 1.47 bits per heavy atom. The van der Waals surface area contributed by atoms with Crippen LogP contribution in [0, 0.1) is 13.8 Å². The Balaban J connectivity index is 1.78. The van der Waals surface area contributed by atoms with Gasteiger partial charge in [-0.1, -0.05) is 35.4 Å². The van der Waals surface area contributed by atoms with Gasteiger partial charge in [-0.2, -0.15) is 4.98 Å². The van der Waals surface area contributed by atoms with E-state index < -0.39 is 9.84 Å². The molecule has 0 fully saturated rings. The monoisotopic (exact) mass is 448 g/mol. The van der Waals surface area contributed by atoms with Crippen LogP contribution in [0.25, 0.3) is 11.5 Å². The van der Waals surface area contributed by atoms with Gasteiger partial charge in [0.15, 0.2) is 0 Å². The lowest BCUT2D eigenvalue weighted by atomic mass is 10.1. The standard InChI is InChI=1S/C25H24N2O4S/c1-4-30-21-13-11-20(12-14-21)26-24-25(32(28,29)22-15-7-18(3)8-16-22)27-23(31-24)19-9-5-17(2)6-10-19/h5-16,26H,4H2,1-3H3. The van der Waals surface area contributed by atoms with Gasteiger partial charge >= 0.3 is 0 Å². The number of benzene rings is 3. The minimum Gasteiger partial charge on any atom is -0.494 e. The summed E-state index contributed by atoms with van der Waals surface area (Å²) in [5.74, 6) is 1.01. The van der Waals surface area contributed by atoms with Crippen LogP contribution in [-0.4, -0.2) is 20.0 Å². The number of hydrogen-bond donors (Lipinski definition) is 1. The van der Waals surface area contributed by atoms with Gasteiger partial charge in [0.25, 0.3) is 0 Å². The van der Waals surface area contributed by atoms with Gasteiger partial charge in [0.1, 0.15) is 5.75 Å². The van der Waals surface area contributed by atoms with Crippen LogP contribution >= 0.6 is 0 Å². The molecule has 0 aliphatic carbocycles. The molecule has 6 nitrogen and oxygen atoms in total. The maximum atomic E-state index is 13.4. The summed E-state index contributed by atoms with van der Waals surface area (Å²) in [6.07, 6.45) is 0. The lowest BCUT2D eigenvalue weighted by Gasteiger charge is -2.08. The summed E-state index contributed by atoms with van der Waals surface area (Å²) < 4.78 is 38.2. The van der Waals surface area contributed by atoms with E-state index in [0.29, 0.717) is 17.9 Å². The molecule has 0 spiro atoms. The van der Waals surface area contributed by atoms with Crippen molar-refractivity contribution in [3.63, 3.8) is 0 Å². The lowest BCUT2D eigenvalue weighted by Crippen LogP contribution is -2.05. The second-order valence-electron chi connectivity index (χ2n) is 7.42. The van der Waals surface area contributed by atoms with Crippen molar-refractivity contribution in [2.75, 3.05) is 11.9 Å². The number of rotatable bonds is 7. The Morgan fingerprint density at radius 1 is 0.875 bits per heavy atom. The number of sulfone groups is 1. The quantitative estimate of drug-likeness (QED) is 0.377. The zero-order valence-corrected chi connectivity index (χ0v) is 18.9. The normalized spacial score (nSPS) is 11.3. The highest BCUT2D eigenvalue weighted by atomic mass is 32.2. The molecule has 0 saturated carbocycles. The maximum absolute atomic E-state index is 13.4. The van der Waals surface area contributed by atoms with Gasteiger partial charge in [0, 0.05) is 11.3 Å². The van der Waals surface area contributed by atoms with Gasteiger partial charge in [0.05, 0.1) is 11.5 Å². The first-order chi connectivity index (χ1) is 15.4. The van der Waals surface area contributed by atoms with E-state index >= 15 is 0 Å². The minimum absolute atomic E-state index is 0.0605. The number of anilines is 2. The van der Waals surface area contributed by atoms with Crippen LogP contribution in [0.15, 0.2) is 87.1 Å². The predicted octanol–water partition coefficient (Wildman–Crippen LogP) is 5.93. The summed E-state index contributed by atoms with van der Waals surface area (Å²) in [7, 11) is -3.91. The number of hydrogen-bond acceptors (Lipinski definition) is 6. The Kier molecular flexibility index (Phi) is 6.01. The average molecular weight is 449 g/mol. The molecule has 7 heteroatoms. The van der Waals surface area contributed by atoms with Gasteiger partial charge in [-0.3, -0.25) is 0 Å². The van der Waals surface area contributed by atoms with Crippen LogP contribution in [0.4, 0.5) is 11.6 Å². The zero-order valence-electron chi connectivity index (χ0n) is 18.1. The van der Waals surface area contributed by atoms with Crippen molar-refractivity contribution in [1.29, 1.82) is 0 Å². The summed E-state index contributed by atoms with van der Waals surface area (Å²) in [5.41, 5.74) is 3.40. The zero-order chi connectivity index (χ0) is 22.7. The summed E-state index contributed by atoms with van der Waals surface area (Å²) >= 11 is 0. The SMILES string of the molecule is CCOc1ccc(Nc2oc(-c3ccc(C)cc3)nc2S(=O)(=O)c2ccc(C)cc2)cc1. The summed E-state index contributed by atoms with van der Waals surface area (Å²) in [4.78, 5) is 4.54. The van der Waals surface area contributed by atoms with Crippen LogP contribution in [0.3, 0.4) is 0 Å². The van der Waals surface area contributed by atoms with Crippen molar-refractivity contribution >= 4 is 21.4 Å². The van der Waals surface area contributed by atoms with E-state index in [2.05, 4.69) is 10.3 Å². The van der Waals surface area contributed by atoms with Gasteiger partial charge in [0.2, 0.25) is 26.6 Å². The van der Waals surface area contributed by atoms with E-state index in [1.165, 1.54) is 0 Å². The molecule has 1 N–H and O–H groups in total. The molecule has 0 amide bonds. The molecule has 1 aromatic heterocycles. The van der Waals surface area contributed by atoms with Crippen molar-refractivity contribution in [2.45, 2.75) is 30.7 Å². The van der Waals surface area contributed by atoms with Gasteiger partial charge in [-0.25, -0.2) is 8.42 Å². The van der Waals surface area contributed by atoms with E-state index in [9.17, 15) is 8.42 Å². The van der Waals surface area contributed by atoms with E-state index in [-0.39, 0.29) is 21.7 Å². The molecule has 0 atom stereocenters. The number of nitrogens with one attached hydrogen (secondary N) is 1. The minimum atomic E-state index is -3.91. The Bertz CT molecular complexity index is 1310. The van der Waals surface area contributed by atoms with Crippen molar-refractivity contribution in [2.24, 2.45) is 0 Å². The maximum Gasteiger partial charge on any atom is 0.238 e. The van der Waals surface area contributed by atoms with Gasteiger partial charge in [-0.05, 0) is 69.3 Å². The molecule has 32 heavy (non-hydrogen) atoms. The first kappa shape index (κ1) is 21.6. The molecule has 0 radical (unpaired) electrons. The highest BCUT2D eigenvalue weighted by molar-refractivity contribution is 7.91. The summed E-state index contributed by atoms with van der Waals surface area (Å²) in [6.45, 7) is 6.36. The number of aromatic nitrogens is 1. The molecule has 4 rings (SSSR count).